The summed E-state index contributed by atoms with van der Waals surface area (Å²) in [7, 11) is -0.429. The third-order valence-electron chi connectivity index (χ3n) is 4.98. The third kappa shape index (κ3) is 3.62. The molecule has 0 saturated carbocycles. The van der Waals surface area contributed by atoms with Gasteiger partial charge in [0.05, 0.1) is 9.52 Å². The Labute approximate surface area is 149 Å². The van der Waals surface area contributed by atoms with Gasteiger partial charge in [0.1, 0.15) is 0 Å². The molecule has 0 spiro atoms. The van der Waals surface area contributed by atoms with Gasteiger partial charge in [0.15, 0.2) is 0 Å². The van der Waals surface area contributed by atoms with Gasteiger partial charge in [-0.2, -0.15) is 0 Å². The van der Waals surface area contributed by atoms with Crippen molar-refractivity contribution in [3.63, 3.8) is 0 Å². The van der Waals surface area contributed by atoms with Gasteiger partial charge in [0, 0.05) is 0 Å². The van der Waals surface area contributed by atoms with Crippen molar-refractivity contribution in [2.75, 3.05) is 0 Å². The maximum Gasteiger partial charge on any atom is 0.0882 e. The Morgan fingerprint density at radius 3 is 2.21 bits per heavy atom. The number of allylic oxidation sites excluding steroid dienone is 4. The van der Waals surface area contributed by atoms with Crippen LogP contribution in [-0.4, -0.2) is 9.52 Å². The van der Waals surface area contributed by atoms with Crippen molar-refractivity contribution in [2.24, 2.45) is 0 Å². The fourth-order valence-electron chi connectivity index (χ4n) is 3.97. The van der Waals surface area contributed by atoms with Gasteiger partial charge in [-0.15, -0.1) is 0 Å². The SMILES string of the molecule is CCCC1=C(C)CC(c2cc(C)cc(C)c2)=C1[SiH2]c1ccccc1. The molecule has 0 aromatic heterocycles. The zero-order valence-electron chi connectivity index (χ0n) is 15.4. The lowest BCUT2D eigenvalue weighted by Crippen LogP contribution is -2.17. The van der Waals surface area contributed by atoms with Crippen LogP contribution in [0.15, 0.2) is 64.9 Å². The highest BCUT2D eigenvalue weighted by atomic mass is 28.2. The molecule has 1 aliphatic rings. The van der Waals surface area contributed by atoms with Gasteiger partial charge < -0.3 is 0 Å². The van der Waals surface area contributed by atoms with Crippen molar-refractivity contribution in [2.45, 2.75) is 47.0 Å². The molecule has 0 radical (unpaired) electrons. The van der Waals surface area contributed by atoms with Crippen LogP contribution in [-0.2, 0) is 0 Å². The molecular weight excluding hydrogens is 304 g/mol. The quantitative estimate of drug-likeness (QED) is 0.674. The average molecular weight is 333 g/mol. The number of rotatable bonds is 5. The lowest BCUT2D eigenvalue weighted by molar-refractivity contribution is 0.912. The van der Waals surface area contributed by atoms with Crippen LogP contribution in [0.5, 0.6) is 0 Å². The van der Waals surface area contributed by atoms with E-state index in [9.17, 15) is 0 Å². The molecule has 24 heavy (non-hydrogen) atoms. The molecule has 124 valence electrons. The van der Waals surface area contributed by atoms with Gasteiger partial charge in [0.2, 0.25) is 0 Å². The normalized spacial score (nSPS) is 15.2. The van der Waals surface area contributed by atoms with Crippen LogP contribution in [0.4, 0.5) is 0 Å². The summed E-state index contributed by atoms with van der Waals surface area (Å²) in [5.74, 6) is 0. The summed E-state index contributed by atoms with van der Waals surface area (Å²) < 4.78 is 0. The molecular formula is C23H28Si. The van der Waals surface area contributed by atoms with Crippen molar-refractivity contribution in [3.8, 4) is 0 Å². The van der Waals surface area contributed by atoms with Gasteiger partial charge in [-0.25, -0.2) is 0 Å². The monoisotopic (exact) mass is 332 g/mol. The summed E-state index contributed by atoms with van der Waals surface area (Å²) in [6.07, 6.45) is 3.61. The van der Waals surface area contributed by atoms with Crippen LogP contribution in [0.1, 0.15) is 49.8 Å². The van der Waals surface area contributed by atoms with Gasteiger partial charge in [-0.3, -0.25) is 0 Å². The molecule has 2 aromatic rings. The Morgan fingerprint density at radius 2 is 1.58 bits per heavy atom. The zero-order valence-corrected chi connectivity index (χ0v) is 16.9. The standard InChI is InChI=1S/C23H28Si/c1-5-9-21-18(4)15-22(19-13-16(2)12-17(3)14-19)23(21)24-20-10-7-6-8-11-20/h6-8,10-14H,5,9,15,24H2,1-4H3. The molecule has 0 aliphatic heterocycles. The molecule has 3 rings (SSSR count). The minimum Gasteiger partial charge on any atom is -0.0658 e. The number of aryl methyl sites for hydroxylation is 2. The highest BCUT2D eigenvalue weighted by molar-refractivity contribution is 6.63. The second-order valence-electron chi connectivity index (χ2n) is 7.18. The van der Waals surface area contributed by atoms with Gasteiger partial charge >= 0.3 is 0 Å². The van der Waals surface area contributed by atoms with Gasteiger partial charge in [0.25, 0.3) is 0 Å². The van der Waals surface area contributed by atoms with Crippen molar-refractivity contribution >= 4 is 20.3 Å². The van der Waals surface area contributed by atoms with E-state index >= 15 is 0 Å². The molecule has 0 atom stereocenters. The molecule has 0 saturated heterocycles. The Hall–Kier alpha value is -1.86. The Balaban J connectivity index is 2.08. The lowest BCUT2D eigenvalue weighted by Gasteiger charge is -2.13. The Morgan fingerprint density at radius 1 is 0.917 bits per heavy atom. The predicted molar refractivity (Wildman–Crippen MR) is 110 cm³/mol. The molecule has 0 fully saturated rings. The van der Waals surface area contributed by atoms with E-state index < -0.39 is 9.52 Å². The molecule has 0 amide bonds. The summed E-state index contributed by atoms with van der Waals surface area (Å²) in [4.78, 5) is 0. The largest absolute Gasteiger partial charge is 0.0882 e. The van der Waals surface area contributed by atoms with Gasteiger partial charge in [-0.1, -0.05) is 89.0 Å². The fourth-order valence-corrected chi connectivity index (χ4v) is 6.12. The molecule has 0 unspecified atom stereocenters. The van der Waals surface area contributed by atoms with E-state index in [1.807, 2.05) is 0 Å². The zero-order chi connectivity index (χ0) is 17.1. The van der Waals surface area contributed by atoms with E-state index in [2.05, 4.69) is 76.2 Å². The summed E-state index contributed by atoms with van der Waals surface area (Å²) in [6, 6.07) is 18.2. The van der Waals surface area contributed by atoms with Crippen LogP contribution in [0.25, 0.3) is 5.57 Å². The van der Waals surface area contributed by atoms with E-state index in [4.69, 9.17) is 0 Å². The second-order valence-corrected chi connectivity index (χ2v) is 9.06. The van der Waals surface area contributed by atoms with Crippen molar-refractivity contribution in [3.05, 3.63) is 81.6 Å². The Bertz CT molecular complexity index is 774. The first kappa shape index (κ1) is 17.0. The van der Waals surface area contributed by atoms with E-state index in [-0.39, 0.29) is 0 Å². The summed E-state index contributed by atoms with van der Waals surface area (Å²) in [5.41, 5.74) is 9.08. The number of benzene rings is 2. The predicted octanol–water partition coefficient (Wildman–Crippen LogP) is 5.03. The molecule has 0 nitrogen and oxygen atoms in total. The highest BCUT2D eigenvalue weighted by Gasteiger charge is 2.23. The molecule has 2 aromatic carbocycles. The lowest BCUT2D eigenvalue weighted by atomic mass is 9.99. The highest BCUT2D eigenvalue weighted by Crippen LogP contribution is 2.40. The van der Waals surface area contributed by atoms with Crippen molar-refractivity contribution < 1.29 is 0 Å². The minimum atomic E-state index is -0.429. The maximum atomic E-state index is 2.38. The topological polar surface area (TPSA) is 0 Å². The fraction of sp³-hybridized carbons (Fsp3) is 0.304. The first-order chi connectivity index (χ1) is 11.6. The van der Waals surface area contributed by atoms with Crippen LogP contribution < -0.4 is 5.19 Å². The van der Waals surface area contributed by atoms with E-state index in [1.54, 1.807) is 27.1 Å². The van der Waals surface area contributed by atoms with Crippen LogP contribution in [0.3, 0.4) is 0 Å². The minimum absolute atomic E-state index is 0.429. The molecule has 0 bridgehead atoms. The van der Waals surface area contributed by atoms with Crippen LogP contribution in [0.2, 0.25) is 0 Å². The molecule has 0 N–H and O–H groups in total. The Kier molecular flexibility index (Phi) is 5.20. The second kappa shape index (κ2) is 7.35. The smallest absolute Gasteiger partial charge is 0.0658 e. The van der Waals surface area contributed by atoms with E-state index in [1.165, 1.54) is 29.5 Å². The van der Waals surface area contributed by atoms with Crippen molar-refractivity contribution in [1.29, 1.82) is 0 Å². The van der Waals surface area contributed by atoms with E-state index in [0.29, 0.717) is 0 Å². The maximum absolute atomic E-state index is 2.38. The average Bonchev–Trinajstić information content (AvgIpc) is 2.85. The molecule has 0 heterocycles. The summed E-state index contributed by atoms with van der Waals surface area (Å²) in [6.45, 7) is 9.08. The molecule has 1 heteroatoms. The van der Waals surface area contributed by atoms with Crippen LogP contribution >= 0.6 is 0 Å². The van der Waals surface area contributed by atoms with E-state index in [0.717, 1.165) is 6.42 Å². The summed E-state index contributed by atoms with van der Waals surface area (Å²) in [5, 5.41) is 3.27. The summed E-state index contributed by atoms with van der Waals surface area (Å²) >= 11 is 0. The molecule has 1 aliphatic carbocycles. The first-order valence-corrected chi connectivity index (χ1v) is 10.5. The van der Waals surface area contributed by atoms with Crippen molar-refractivity contribution in [1.82, 2.24) is 0 Å². The number of hydrogen-bond donors (Lipinski definition) is 0. The number of hydrogen-bond acceptors (Lipinski definition) is 0. The third-order valence-corrected chi connectivity index (χ3v) is 7.07. The van der Waals surface area contributed by atoms with Crippen LogP contribution in [0, 0.1) is 13.8 Å². The van der Waals surface area contributed by atoms with Gasteiger partial charge in [-0.05, 0) is 50.3 Å². The first-order valence-electron chi connectivity index (χ1n) is 9.12.